The van der Waals surface area contributed by atoms with Crippen LogP contribution in [0.15, 0.2) is 53.4 Å². The molecule has 0 aromatic heterocycles. The molecular formula is C17H15F3N2O3S. The summed E-state index contributed by atoms with van der Waals surface area (Å²) in [6.45, 7) is 0.0427. The molecule has 0 radical (unpaired) electrons. The van der Waals surface area contributed by atoms with Gasteiger partial charge in [0.1, 0.15) is 6.61 Å². The van der Waals surface area contributed by atoms with Gasteiger partial charge in [-0.25, -0.2) is 9.59 Å². The molecule has 0 saturated heterocycles. The topological polar surface area (TPSA) is 81.4 Å². The number of halogens is 3. The molecule has 2 rings (SSSR count). The molecule has 0 saturated carbocycles. The van der Waals surface area contributed by atoms with Crippen LogP contribution in [0.1, 0.15) is 15.9 Å². The number of rotatable bonds is 6. The largest absolute Gasteiger partial charge is 0.461 e. The molecule has 9 heteroatoms. The second-order valence-electron chi connectivity index (χ2n) is 5.08. The van der Waals surface area contributed by atoms with E-state index < -0.39 is 23.7 Å². The number of thioether (sulfide) groups is 1. The molecule has 0 aliphatic carbocycles. The maximum absolute atomic E-state index is 12.6. The molecule has 0 bridgehead atoms. The van der Waals surface area contributed by atoms with E-state index >= 15 is 0 Å². The molecule has 2 aromatic rings. The van der Waals surface area contributed by atoms with E-state index in [2.05, 4.69) is 5.32 Å². The molecule has 0 spiro atoms. The van der Waals surface area contributed by atoms with Gasteiger partial charge in [-0.05, 0) is 42.5 Å². The first-order chi connectivity index (χ1) is 12.3. The van der Waals surface area contributed by atoms with Crippen molar-refractivity contribution in [2.45, 2.75) is 11.1 Å². The fourth-order valence-electron chi connectivity index (χ4n) is 1.97. The van der Waals surface area contributed by atoms with Gasteiger partial charge in [-0.1, -0.05) is 6.07 Å². The molecule has 3 N–H and O–H groups in total. The van der Waals surface area contributed by atoms with E-state index in [-0.39, 0.29) is 12.2 Å². The Morgan fingerprint density at radius 1 is 1.12 bits per heavy atom. The van der Waals surface area contributed by atoms with E-state index in [9.17, 15) is 22.8 Å². The number of ether oxygens (including phenoxy) is 1. The summed E-state index contributed by atoms with van der Waals surface area (Å²) in [7, 11) is 0. The molecule has 0 heterocycles. The molecule has 26 heavy (non-hydrogen) atoms. The summed E-state index contributed by atoms with van der Waals surface area (Å²) in [6.07, 6.45) is -4.39. The number of amides is 2. The van der Waals surface area contributed by atoms with Crippen LogP contribution in [-0.4, -0.2) is 24.4 Å². The van der Waals surface area contributed by atoms with Gasteiger partial charge in [0.2, 0.25) is 0 Å². The van der Waals surface area contributed by atoms with Crippen LogP contribution >= 0.6 is 11.8 Å². The molecule has 2 aromatic carbocycles. The molecule has 5 nitrogen and oxygen atoms in total. The zero-order valence-electron chi connectivity index (χ0n) is 13.4. The highest BCUT2D eigenvalue weighted by Gasteiger charge is 2.30. The Kier molecular flexibility index (Phi) is 6.51. The van der Waals surface area contributed by atoms with Gasteiger partial charge in [-0.3, -0.25) is 0 Å². The highest BCUT2D eigenvalue weighted by atomic mass is 32.2. The number of benzene rings is 2. The molecule has 2 amide bonds. The number of primary amides is 1. The number of esters is 1. The summed E-state index contributed by atoms with van der Waals surface area (Å²) < 4.78 is 43.0. The van der Waals surface area contributed by atoms with Crippen LogP contribution in [0.4, 0.5) is 23.7 Å². The van der Waals surface area contributed by atoms with E-state index in [0.717, 1.165) is 23.9 Å². The number of anilines is 1. The summed E-state index contributed by atoms with van der Waals surface area (Å²) >= 11 is 1.16. The van der Waals surface area contributed by atoms with E-state index in [1.165, 1.54) is 30.3 Å². The van der Waals surface area contributed by atoms with Crippen molar-refractivity contribution in [3.8, 4) is 0 Å². The number of hydrogen-bond acceptors (Lipinski definition) is 4. The normalized spacial score (nSPS) is 11.0. The molecular weight excluding hydrogens is 369 g/mol. The number of hydrogen-bond donors (Lipinski definition) is 2. The summed E-state index contributed by atoms with van der Waals surface area (Å²) in [4.78, 5) is 23.0. The van der Waals surface area contributed by atoms with Crippen molar-refractivity contribution in [1.82, 2.24) is 0 Å². The Morgan fingerprint density at radius 3 is 2.42 bits per heavy atom. The van der Waals surface area contributed by atoms with Crippen molar-refractivity contribution in [1.29, 1.82) is 0 Å². The van der Waals surface area contributed by atoms with Crippen LogP contribution in [0.3, 0.4) is 0 Å². The third-order valence-corrected chi connectivity index (χ3v) is 4.09. The Balaban J connectivity index is 1.81. The predicted molar refractivity (Wildman–Crippen MR) is 92.1 cm³/mol. The van der Waals surface area contributed by atoms with Gasteiger partial charge < -0.3 is 15.8 Å². The zero-order chi connectivity index (χ0) is 19.2. The number of urea groups is 1. The molecule has 0 fully saturated rings. The van der Waals surface area contributed by atoms with Crippen LogP contribution in [0.5, 0.6) is 0 Å². The predicted octanol–water partition coefficient (Wildman–Crippen LogP) is 4.15. The fraction of sp³-hybridized carbons (Fsp3) is 0.176. The van der Waals surface area contributed by atoms with Gasteiger partial charge in [-0.2, -0.15) is 13.2 Å². The van der Waals surface area contributed by atoms with Gasteiger partial charge >= 0.3 is 18.2 Å². The summed E-state index contributed by atoms with van der Waals surface area (Å²) in [6, 6.07) is 10.2. The highest BCUT2D eigenvalue weighted by molar-refractivity contribution is 7.99. The smallest absolute Gasteiger partial charge is 0.416 e. The fourth-order valence-corrected chi connectivity index (χ4v) is 2.76. The third-order valence-electron chi connectivity index (χ3n) is 3.13. The minimum Gasteiger partial charge on any atom is -0.461 e. The second-order valence-corrected chi connectivity index (χ2v) is 6.24. The first-order valence-corrected chi connectivity index (χ1v) is 8.38. The Labute approximate surface area is 151 Å². The first-order valence-electron chi connectivity index (χ1n) is 7.39. The van der Waals surface area contributed by atoms with Crippen molar-refractivity contribution in [2.75, 3.05) is 17.7 Å². The Morgan fingerprint density at radius 2 is 1.81 bits per heavy atom. The zero-order valence-corrected chi connectivity index (χ0v) is 14.2. The lowest BCUT2D eigenvalue weighted by Gasteiger charge is -2.09. The quantitative estimate of drug-likeness (QED) is 0.445. The van der Waals surface area contributed by atoms with E-state index in [1.807, 2.05) is 0 Å². The van der Waals surface area contributed by atoms with Crippen molar-refractivity contribution < 1.29 is 27.5 Å². The van der Waals surface area contributed by atoms with Crippen LogP contribution in [-0.2, 0) is 10.9 Å². The average Bonchev–Trinajstić information content (AvgIpc) is 2.58. The van der Waals surface area contributed by atoms with Crippen molar-refractivity contribution >= 4 is 29.4 Å². The van der Waals surface area contributed by atoms with Crippen molar-refractivity contribution in [2.24, 2.45) is 5.73 Å². The van der Waals surface area contributed by atoms with Crippen molar-refractivity contribution in [3.63, 3.8) is 0 Å². The summed E-state index contributed by atoms with van der Waals surface area (Å²) in [5, 5.41) is 2.36. The number of alkyl halides is 3. The minimum atomic E-state index is -4.39. The Bertz CT molecular complexity index is 780. The monoisotopic (exact) mass is 384 g/mol. The highest BCUT2D eigenvalue weighted by Crippen LogP contribution is 2.31. The van der Waals surface area contributed by atoms with Crippen LogP contribution < -0.4 is 11.1 Å². The van der Waals surface area contributed by atoms with E-state index in [4.69, 9.17) is 10.5 Å². The average molecular weight is 384 g/mol. The number of carbonyl (C=O) groups excluding carboxylic acids is 2. The third kappa shape index (κ3) is 5.99. The van der Waals surface area contributed by atoms with Gasteiger partial charge in [-0.15, -0.1) is 11.8 Å². The van der Waals surface area contributed by atoms with Crippen LogP contribution in [0.2, 0.25) is 0 Å². The molecule has 0 aliphatic rings. The molecule has 0 aliphatic heterocycles. The first kappa shape index (κ1) is 19.6. The number of nitrogens with one attached hydrogen (secondary N) is 1. The van der Waals surface area contributed by atoms with Crippen LogP contribution in [0, 0.1) is 0 Å². The lowest BCUT2D eigenvalue weighted by molar-refractivity contribution is -0.137. The minimum absolute atomic E-state index is 0.0427. The summed E-state index contributed by atoms with van der Waals surface area (Å²) in [5.74, 6) is -0.255. The Hall–Kier alpha value is -2.68. The SMILES string of the molecule is NC(=O)Nc1ccc(C(=O)OCCSc2cccc(C(F)(F)F)c2)cc1. The van der Waals surface area contributed by atoms with Crippen LogP contribution in [0.25, 0.3) is 0 Å². The lowest BCUT2D eigenvalue weighted by Crippen LogP contribution is -2.19. The standard InChI is InChI=1S/C17H15F3N2O3S/c18-17(19,20)12-2-1-3-14(10-12)26-9-8-25-15(23)11-4-6-13(7-5-11)22-16(21)24/h1-7,10H,8-9H2,(H3,21,22,24). The number of nitrogens with two attached hydrogens (primary N) is 1. The maximum atomic E-state index is 12.6. The molecule has 138 valence electrons. The van der Waals surface area contributed by atoms with Gasteiger partial charge in [0.15, 0.2) is 0 Å². The molecule has 0 unspecified atom stereocenters. The molecule has 0 atom stereocenters. The van der Waals surface area contributed by atoms with Gasteiger partial charge in [0.25, 0.3) is 0 Å². The van der Waals surface area contributed by atoms with E-state index in [0.29, 0.717) is 16.3 Å². The lowest BCUT2D eigenvalue weighted by atomic mass is 10.2. The van der Waals surface area contributed by atoms with E-state index in [1.54, 1.807) is 6.07 Å². The van der Waals surface area contributed by atoms with Gasteiger partial charge in [0.05, 0.1) is 11.1 Å². The number of carbonyl (C=O) groups is 2. The summed E-state index contributed by atoms with van der Waals surface area (Å²) in [5.41, 5.74) is 4.98. The maximum Gasteiger partial charge on any atom is 0.416 e. The van der Waals surface area contributed by atoms with Crippen molar-refractivity contribution in [3.05, 3.63) is 59.7 Å². The van der Waals surface area contributed by atoms with Gasteiger partial charge in [0, 0.05) is 16.3 Å². The second kappa shape index (κ2) is 8.61.